The second-order valence-corrected chi connectivity index (χ2v) is 8.85. The number of urea groups is 1. The van der Waals surface area contributed by atoms with Crippen molar-refractivity contribution >= 4 is 29.8 Å². The molecule has 2 aromatic rings. The van der Waals surface area contributed by atoms with Crippen LogP contribution in [0.3, 0.4) is 0 Å². The van der Waals surface area contributed by atoms with Crippen molar-refractivity contribution in [3.63, 3.8) is 0 Å². The van der Waals surface area contributed by atoms with Gasteiger partial charge in [-0.15, -0.1) is 6.42 Å². The topological polar surface area (TPSA) is 149 Å². The second-order valence-electron chi connectivity index (χ2n) is 8.44. The molecule has 0 saturated carbocycles. The average molecular weight is 587 g/mol. The zero-order valence-corrected chi connectivity index (χ0v) is 23.7. The molecule has 0 radical (unpaired) electrons. The van der Waals surface area contributed by atoms with Gasteiger partial charge < -0.3 is 39.4 Å². The van der Waals surface area contributed by atoms with E-state index in [1.54, 1.807) is 44.2 Å². The lowest BCUT2D eigenvalue weighted by atomic mass is 9.95. The minimum absolute atomic E-state index is 0.0326. The first-order chi connectivity index (χ1) is 19.7. The molecule has 0 aliphatic carbocycles. The van der Waals surface area contributed by atoms with E-state index in [-0.39, 0.29) is 23.8 Å². The number of aliphatic hydroxyl groups excluding tert-OH is 1. The third-order valence-electron chi connectivity index (χ3n) is 5.66. The number of hydrogen-bond donors (Lipinski definition) is 4. The highest BCUT2D eigenvalue weighted by molar-refractivity contribution is 6.32. The number of aliphatic hydroxyl groups is 1. The zero-order chi connectivity index (χ0) is 29.9. The zero-order valence-electron chi connectivity index (χ0n) is 22.9. The standard InChI is InChI=1S/C28H31ClN4O8/c1-6-10-40-26-19(29)11-17(12-22(26)37-4)14-30-33-23(34)15-41-20-9-8-18(13-21(20)39-7-2)25-24(27(35)38-5)16(3)31-28(36)32-25/h1,8-9,11-14,23,25,33-34H,7,10,15H2,2-5H3,(H2,31,32,36)/b30-14-/t23-,25+/m0/s1. The van der Waals surface area contributed by atoms with Crippen molar-refractivity contribution in [3.05, 3.63) is 57.8 Å². The van der Waals surface area contributed by atoms with Gasteiger partial charge in [0.2, 0.25) is 0 Å². The van der Waals surface area contributed by atoms with Crippen molar-refractivity contribution in [2.75, 3.05) is 34.0 Å². The Hall–Kier alpha value is -4.60. The van der Waals surface area contributed by atoms with Gasteiger partial charge >= 0.3 is 12.0 Å². The van der Waals surface area contributed by atoms with E-state index in [9.17, 15) is 14.7 Å². The van der Waals surface area contributed by atoms with E-state index in [1.165, 1.54) is 20.4 Å². The summed E-state index contributed by atoms with van der Waals surface area (Å²) in [6, 6.07) is 6.97. The number of hydrogen-bond acceptors (Lipinski definition) is 10. The lowest BCUT2D eigenvalue weighted by molar-refractivity contribution is -0.136. The fourth-order valence-electron chi connectivity index (χ4n) is 3.89. The number of carbonyl (C=O) groups excluding carboxylic acids is 2. The highest BCUT2D eigenvalue weighted by Gasteiger charge is 2.32. The van der Waals surface area contributed by atoms with Gasteiger partial charge in [0.15, 0.2) is 29.2 Å². The third-order valence-corrected chi connectivity index (χ3v) is 5.94. The highest BCUT2D eigenvalue weighted by atomic mass is 35.5. The summed E-state index contributed by atoms with van der Waals surface area (Å²) in [6.45, 7) is 3.58. The van der Waals surface area contributed by atoms with Crippen LogP contribution in [0.5, 0.6) is 23.0 Å². The molecule has 0 saturated heterocycles. The number of halogens is 1. The number of hydrazone groups is 1. The maximum atomic E-state index is 12.4. The van der Waals surface area contributed by atoms with Gasteiger partial charge in [0, 0.05) is 5.70 Å². The molecule has 1 heterocycles. The monoisotopic (exact) mass is 586 g/mol. The lowest BCUT2D eigenvalue weighted by Crippen LogP contribution is -2.45. The smallest absolute Gasteiger partial charge is 0.337 e. The van der Waals surface area contributed by atoms with Gasteiger partial charge in [-0.2, -0.15) is 5.10 Å². The number of amides is 2. The molecule has 1 aliphatic heterocycles. The number of esters is 1. The Labute approximate surface area is 242 Å². The Morgan fingerprint density at radius 3 is 2.68 bits per heavy atom. The summed E-state index contributed by atoms with van der Waals surface area (Å²) in [6.07, 6.45) is 5.48. The van der Waals surface area contributed by atoms with Crippen molar-refractivity contribution in [2.45, 2.75) is 26.1 Å². The molecule has 0 bridgehead atoms. The molecule has 2 aromatic carbocycles. The molecular formula is C28H31ClN4O8. The number of nitrogens with one attached hydrogen (secondary N) is 3. The quantitative estimate of drug-likeness (QED) is 0.0913. The normalized spacial score (nSPS) is 15.3. The van der Waals surface area contributed by atoms with Crippen molar-refractivity contribution in [3.8, 4) is 35.3 Å². The fourth-order valence-corrected chi connectivity index (χ4v) is 4.16. The van der Waals surface area contributed by atoms with E-state index in [1.807, 2.05) is 0 Å². The number of methoxy groups -OCH3 is 2. The molecule has 12 nitrogen and oxygen atoms in total. The number of nitrogens with zero attached hydrogens (tertiary/aromatic N) is 1. The predicted octanol–water partition coefficient (Wildman–Crippen LogP) is 2.88. The van der Waals surface area contributed by atoms with Crippen LogP contribution in [-0.4, -0.2) is 63.6 Å². The number of benzene rings is 2. The van der Waals surface area contributed by atoms with Gasteiger partial charge in [-0.05, 0) is 49.2 Å². The highest BCUT2D eigenvalue weighted by Crippen LogP contribution is 2.36. The summed E-state index contributed by atoms with van der Waals surface area (Å²) in [5.41, 5.74) is 4.35. The summed E-state index contributed by atoms with van der Waals surface area (Å²) < 4.78 is 27.1. The lowest BCUT2D eigenvalue weighted by Gasteiger charge is -2.28. The van der Waals surface area contributed by atoms with E-state index in [2.05, 4.69) is 27.1 Å². The van der Waals surface area contributed by atoms with Crippen LogP contribution in [0, 0.1) is 12.3 Å². The van der Waals surface area contributed by atoms with Crippen LogP contribution >= 0.6 is 11.6 Å². The molecular weight excluding hydrogens is 556 g/mol. The van der Waals surface area contributed by atoms with E-state index < -0.39 is 24.3 Å². The van der Waals surface area contributed by atoms with Gasteiger partial charge in [-0.3, -0.25) is 5.43 Å². The summed E-state index contributed by atoms with van der Waals surface area (Å²) in [4.78, 5) is 24.5. The van der Waals surface area contributed by atoms with E-state index >= 15 is 0 Å². The van der Waals surface area contributed by atoms with Crippen molar-refractivity contribution < 1.29 is 38.4 Å². The fraction of sp³-hybridized carbons (Fsp3) is 0.321. The molecule has 0 fully saturated rings. The third kappa shape index (κ3) is 7.97. The number of allylic oxidation sites excluding steroid dienone is 1. The average Bonchev–Trinajstić information content (AvgIpc) is 2.95. The summed E-state index contributed by atoms with van der Waals surface area (Å²) in [5.74, 6) is 3.16. The number of ether oxygens (including phenoxy) is 5. The molecule has 4 N–H and O–H groups in total. The molecule has 0 unspecified atom stereocenters. The van der Waals surface area contributed by atoms with Crippen LogP contribution in [0.15, 0.2) is 46.7 Å². The first kappa shape index (κ1) is 30.9. The van der Waals surface area contributed by atoms with Crippen LogP contribution in [0.2, 0.25) is 5.02 Å². The SMILES string of the molecule is C#CCOc1c(Cl)cc(/C=N\N[C@@H](O)COc2ccc([C@H]3NC(=O)NC(C)=C3C(=O)OC)cc2OCC)cc1OC. The predicted molar refractivity (Wildman–Crippen MR) is 151 cm³/mol. The molecule has 41 heavy (non-hydrogen) atoms. The summed E-state index contributed by atoms with van der Waals surface area (Å²) >= 11 is 6.27. The van der Waals surface area contributed by atoms with Crippen LogP contribution < -0.4 is 35.0 Å². The Kier molecular flexibility index (Phi) is 11.1. The summed E-state index contributed by atoms with van der Waals surface area (Å²) in [5, 5.41) is 20.0. The minimum Gasteiger partial charge on any atom is -0.493 e. The molecule has 13 heteroatoms. The van der Waals surface area contributed by atoms with Crippen molar-refractivity contribution in [1.82, 2.24) is 16.1 Å². The maximum absolute atomic E-state index is 12.4. The van der Waals surface area contributed by atoms with Gasteiger partial charge in [-0.1, -0.05) is 23.6 Å². The van der Waals surface area contributed by atoms with Gasteiger partial charge in [0.25, 0.3) is 0 Å². The van der Waals surface area contributed by atoms with E-state index in [0.717, 1.165) is 0 Å². The minimum atomic E-state index is -1.18. The van der Waals surface area contributed by atoms with Crippen LogP contribution in [0.25, 0.3) is 0 Å². The number of carbonyl (C=O) groups is 2. The van der Waals surface area contributed by atoms with Gasteiger partial charge in [-0.25, -0.2) is 9.59 Å². The van der Waals surface area contributed by atoms with Crippen molar-refractivity contribution in [2.24, 2.45) is 5.10 Å². The van der Waals surface area contributed by atoms with Gasteiger partial charge in [0.05, 0.1) is 43.7 Å². The Bertz CT molecular complexity index is 1370. The summed E-state index contributed by atoms with van der Waals surface area (Å²) in [7, 11) is 2.73. The van der Waals surface area contributed by atoms with E-state index in [4.69, 9.17) is 41.7 Å². The Morgan fingerprint density at radius 1 is 1.22 bits per heavy atom. The molecule has 0 spiro atoms. The second kappa shape index (κ2) is 14.7. The molecule has 218 valence electrons. The van der Waals surface area contributed by atoms with Crippen molar-refractivity contribution in [1.29, 1.82) is 0 Å². The molecule has 3 rings (SSSR count). The van der Waals surface area contributed by atoms with Gasteiger partial charge in [0.1, 0.15) is 13.2 Å². The number of rotatable bonds is 13. The Balaban J connectivity index is 1.69. The van der Waals surface area contributed by atoms with Crippen LogP contribution in [0.1, 0.15) is 31.0 Å². The largest absolute Gasteiger partial charge is 0.493 e. The van der Waals surface area contributed by atoms with Crippen LogP contribution in [-0.2, 0) is 9.53 Å². The molecule has 0 aromatic heterocycles. The first-order valence-electron chi connectivity index (χ1n) is 12.4. The maximum Gasteiger partial charge on any atom is 0.337 e. The first-order valence-corrected chi connectivity index (χ1v) is 12.8. The molecule has 2 atom stereocenters. The Morgan fingerprint density at radius 2 is 2.00 bits per heavy atom. The van der Waals surface area contributed by atoms with Crippen LogP contribution in [0.4, 0.5) is 4.79 Å². The number of terminal acetylenes is 1. The molecule has 2 amide bonds. The van der Waals surface area contributed by atoms with E-state index in [0.29, 0.717) is 46.4 Å². The molecule has 1 aliphatic rings.